The molecule has 0 aliphatic carbocycles. The van der Waals surface area contributed by atoms with Crippen molar-refractivity contribution >= 4 is 23.4 Å². The van der Waals surface area contributed by atoms with E-state index in [4.69, 9.17) is 16.6 Å². The van der Waals surface area contributed by atoms with Crippen molar-refractivity contribution in [3.05, 3.63) is 23.8 Å². The maximum atomic E-state index is 10.9. The van der Waals surface area contributed by atoms with Gasteiger partial charge in [0.2, 0.25) is 5.91 Å². The van der Waals surface area contributed by atoms with Crippen molar-refractivity contribution in [1.82, 2.24) is 0 Å². The largest absolute Gasteiger partial charge is 0.398 e. The van der Waals surface area contributed by atoms with Gasteiger partial charge in [-0.1, -0.05) is 6.92 Å². The summed E-state index contributed by atoms with van der Waals surface area (Å²) < 4.78 is 0. The van der Waals surface area contributed by atoms with Crippen LogP contribution in [0.2, 0.25) is 0 Å². The second-order valence-electron chi connectivity index (χ2n) is 3.56. The molecule has 0 saturated heterocycles. The molecule has 88 valence electrons. The molecule has 0 spiro atoms. The number of hydrogen-bond acceptors (Lipinski definition) is 4. The number of nitrogens with two attached hydrogens (primary N) is 2. The number of carbonyl (C=O) groups excluding carboxylic acids is 1. The van der Waals surface area contributed by atoms with Gasteiger partial charge < -0.3 is 16.6 Å². The number of rotatable bonds is 5. The van der Waals surface area contributed by atoms with Gasteiger partial charge >= 0.3 is 0 Å². The van der Waals surface area contributed by atoms with Crippen molar-refractivity contribution in [3.63, 3.8) is 0 Å². The Morgan fingerprint density at radius 3 is 2.75 bits per heavy atom. The van der Waals surface area contributed by atoms with Gasteiger partial charge in [0.15, 0.2) is 0 Å². The van der Waals surface area contributed by atoms with Crippen LogP contribution in [0, 0.1) is 0 Å². The minimum atomic E-state index is -0.480. The Kier molecular flexibility index (Phi) is 4.64. The molecular formula is C11H16N2O2S. The van der Waals surface area contributed by atoms with Crippen LogP contribution in [0.5, 0.6) is 0 Å². The molecule has 0 heterocycles. The van der Waals surface area contributed by atoms with Gasteiger partial charge in [0.1, 0.15) is 0 Å². The Bertz CT molecular complexity index is 382. The number of thioether (sulfide) groups is 1. The lowest BCUT2D eigenvalue weighted by molar-refractivity contribution is 0.100. The van der Waals surface area contributed by atoms with Gasteiger partial charge in [-0.05, 0) is 24.6 Å². The lowest BCUT2D eigenvalue weighted by Crippen LogP contribution is -2.11. The van der Waals surface area contributed by atoms with Crippen LogP contribution in [0.3, 0.4) is 0 Å². The molecule has 1 unspecified atom stereocenters. The lowest BCUT2D eigenvalue weighted by Gasteiger charge is -2.11. The third kappa shape index (κ3) is 3.43. The summed E-state index contributed by atoms with van der Waals surface area (Å²) in [5, 5.41) is 9.08. The second kappa shape index (κ2) is 5.77. The van der Waals surface area contributed by atoms with Crippen LogP contribution in [-0.4, -0.2) is 22.9 Å². The fraction of sp³-hybridized carbons (Fsp3) is 0.364. The van der Waals surface area contributed by atoms with Crippen molar-refractivity contribution in [2.75, 3.05) is 12.3 Å². The molecule has 0 bridgehead atoms. The van der Waals surface area contributed by atoms with E-state index in [1.807, 2.05) is 6.92 Å². The minimum absolute atomic E-state index is 0.160. The summed E-state index contributed by atoms with van der Waals surface area (Å²) in [6, 6.07) is 5.02. The molecule has 0 radical (unpaired) electrons. The molecule has 5 N–H and O–H groups in total. The number of primary amides is 1. The van der Waals surface area contributed by atoms with Gasteiger partial charge in [-0.2, -0.15) is 0 Å². The molecule has 1 rings (SSSR count). The first-order valence-electron chi connectivity index (χ1n) is 5.01. The molecule has 1 amide bonds. The summed E-state index contributed by atoms with van der Waals surface area (Å²) in [5.41, 5.74) is 11.9. The Balaban J connectivity index is 2.79. The van der Waals surface area contributed by atoms with E-state index >= 15 is 0 Å². The standard InChI is InChI=1S/C11H16N2O2S/c1-7(4-5-14)16-10-3-2-8(11(13)15)6-9(10)12/h2-3,6-7,14H,4-5,12H2,1H3,(H2,13,15). The van der Waals surface area contributed by atoms with Crippen LogP contribution in [0.15, 0.2) is 23.1 Å². The van der Waals surface area contributed by atoms with Crippen LogP contribution in [-0.2, 0) is 0 Å². The summed E-state index contributed by atoms with van der Waals surface area (Å²) in [5.74, 6) is -0.480. The second-order valence-corrected chi connectivity index (χ2v) is 5.04. The molecule has 0 aliphatic heterocycles. The van der Waals surface area contributed by atoms with E-state index < -0.39 is 5.91 Å². The van der Waals surface area contributed by atoms with Crippen molar-refractivity contribution in [1.29, 1.82) is 0 Å². The van der Waals surface area contributed by atoms with Gasteiger partial charge in [0, 0.05) is 28.0 Å². The molecule has 4 nitrogen and oxygen atoms in total. The maximum absolute atomic E-state index is 10.9. The van der Waals surface area contributed by atoms with Gasteiger partial charge in [0.25, 0.3) is 0 Å². The van der Waals surface area contributed by atoms with E-state index in [0.29, 0.717) is 17.7 Å². The molecule has 0 saturated carbocycles. The molecule has 1 aromatic rings. The normalized spacial score (nSPS) is 12.4. The minimum Gasteiger partial charge on any atom is -0.398 e. The van der Waals surface area contributed by atoms with E-state index in [2.05, 4.69) is 0 Å². The van der Waals surface area contributed by atoms with Gasteiger partial charge in [-0.25, -0.2) is 0 Å². The zero-order chi connectivity index (χ0) is 12.1. The Morgan fingerprint density at radius 2 is 2.25 bits per heavy atom. The van der Waals surface area contributed by atoms with E-state index in [1.54, 1.807) is 30.0 Å². The van der Waals surface area contributed by atoms with Crippen molar-refractivity contribution < 1.29 is 9.90 Å². The van der Waals surface area contributed by atoms with Crippen LogP contribution in [0.4, 0.5) is 5.69 Å². The SMILES string of the molecule is CC(CCO)Sc1ccc(C(N)=O)cc1N. The number of hydrogen-bond donors (Lipinski definition) is 3. The third-order valence-electron chi connectivity index (χ3n) is 2.16. The Labute approximate surface area is 99.0 Å². The summed E-state index contributed by atoms with van der Waals surface area (Å²) in [6.07, 6.45) is 0.710. The number of aliphatic hydroxyl groups is 1. The van der Waals surface area contributed by atoms with Gasteiger partial charge in [-0.15, -0.1) is 11.8 Å². The van der Waals surface area contributed by atoms with E-state index in [-0.39, 0.29) is 11.9 Å². The average molecular weight is 240 g/mol. The molecule has 0 aromatic heterocycles. The fourth-order valence-corrected chi connectivity index (χ4v) is 2.26. The van der Waals surface area contributed by atoms with Crippen LogP contribution >= 0.6 is 11.8 Å². The van der Waals surface area contributed by atoms with Crippen LogP contribution in [0.25, 0.3) is 0 Å². The highest BCUT2D eigenvalue weighted by molar-refractivity contribution is 8.00. The zero-order valence-corrected chi connectivity index (χ0v) is 9.96. The highest BCUT2D eigenvalue weighted by atomic mass is 32.2. The van der Waals surface area contributed by atoms with Crippen molar-refractivity contribution in [2.45, 2.75) is 23.5 Å². The Morgan fingerprint density at radius 1 is 1.56 bits per heavy atom. The summed E-state index contributed by atoms with van der Waals surface area (Å²) in [4.78, 5) is 11.8. The van der Waals surface area contributed by atoms with E-state index in [0.717, 1.165) is 4.90 Å². The third-order valence-corrected chi connectivity index (χ3v) is 3.42. The molecule has 1 aromatic carbocycles. The average Bonchev–Trinajstić information content (AvgIpc) is 2.21. The molecule has 1 atom stereocenters. The summed E-state index contributed by atoms with van der Waals surface area (Å²) in [6.45, 7) is 2.18. The predicted molar refractivity (Wildman–Crippen MR) is 66.4 cm³/mol. The van der Waals surface area contributed by atoms with Crippen LogP contribution < -0.4 is 11.5 Å². The number of nitrogen functional groups attached to an aromatic ring is 1. The number of carbonyl (C=O) groups is 1. The van der Waals surface area contributed by atoms with E-state index in [1.165, 1.54) is 0 Å². The fourth-order valence-electron chi connectivity index (χ4n) is 1.27. The number of benzene rings is 1. The number of anilines is 1. The predicted octanol–water partition coefficient (Wildman–Crippen LogP) is 1.23. The highest BCUT2D eigenvalue weighted by Gasteiger charge is 2.09. The van der Waals surface area contributed by atoms with Crippen molar-refractivity contribution in [2.24, 2.45) is 5.73 Å². The first-order valence-corrected chi connectivity index (χ1v) is 5.89. The maximum Gasteiger partial charge on any atom is 0.248 e. The first-order chi connectivity index (χ1) is 7.54. The van der Waals surface area contributed by atoms with E-state index in [9.17, 15) is 4.79 Å². The smallest absolute Gasteiger partial charge is 0.248 e. The Hall–Kier alpha value is -1.20. The molecular weight excluding hydrogens is 224 g/mol. The highest BCUT2D eigenvalue weighted by Crippen LogP contribution is 2.30. The van der Waals surface area contributed by atoms with Gasteiger partial charge in [-0.3, -0.25) is 4.79 Å². The zero-order valence-electron chi connectivity index (χ0n) is 9.14. The lowest BCUT2D eigenvalue weighted by atomic mass is 10.2. The quantitative estimate of drug-likeness (QED) is 0.533. The number of aliphatic hydroxyl groups excluding tert-OH is 1. The molecule has 16 heavy (non-hydrogen) atoms. The monoisotopic (exact) mass is 240 g/mol. The van der Waals surface area contributed by atoms with Crippen molar-refractivity contribution in [3.8, 4) is 0 Å². The molecule has 0 aliphatic rings. The first kappa shape index (κ1) is 12.9. The topological polar surface area (TPSA) is 89.3 Å². The summed E-state index contributed by atoms with van der Waals surface area (Å²) in [7, 11) is 0. The van der Waals surface area contributed by atoms with Crippen LogP contribution in [0.1, 0.15) is 23.7 Å². The number of amides is 1. The molecule has 0 fully saturated rings. The van der Waals surface area contributed by atoms with Gasteiger partial charge in [0.05, 0.1) is 0 Å². The molecule has 5 heteroatoms. The summed E-state index contributed by atoms with van der Waals surface area (Å²) >= 11 is 1.58.